The molecular formula is C17H15N3O. The van der Waals surface area contributed by atoms with Crippen LogP contribution in [-0.4, -0.2) is 9.97 Å². The minimum absolute atomic E-state index is 0.148. The van der Waals surface area contributed by atoms with Gasteiger partial charge in [-0.1, -0.05) is 6.07 Å². The Kier molecular flexibility index (Phi) is 2.74. The Morgan fingerprint density at radius 1 is 1.10 bits per heavy atom. The van der Waals surface area contributed by atoms with E-state index in [2.05, 4.69) is 33.5 Å². The van der Waals surface area contributed by atoms with E-state index in [4.69, 9.17) is 0 Å². The van der Waals surface area contributed by atoms with Crippen molar-refractivity contribution in [2.24, 2.45) is 0 Å². The summed E-state index contributed by atoms with van der Waals surface area (Å²) in [6.45, 7) is 0. The number of hydrogen-bond donors (Lipinski definition) is 2. The van der Waals surface area contributed by atoms with Crippen molar-refractivity contribution in [1.29, 1.82) is 0 Å². The molecule has 3 aromatic rings. The summed E-state index contributed by atoms with van der Waals surface area (Å²) < 4.78 is 0. The van der Waals surface area contributed by atoms with Crippen molar-refractivity contribution >= 4 is 22.4 Å². The molecule has 0 fully saturated rings. The van der Waals surface area contributed by atoms with E-state index < -0.39 is 0 Å². The zero-order chi connectivity index (χ0) is 14.2. The summed E-state index contributed by atoms with van der Waals surface area (Å²) in [5, 5.41) is 4.27. The first-order valence-electron chi connectivity index (χ1n) is 7.16. The molecule has 0 unspecified atom stereocenters. The van der Waals surface area contributed by atoms with Gasteiger partial charge in [0.15, 0.2) is 0 Å². The molecule has 0 radical (unpaired) electrons. The van der Waals surface area contributed by atoms with Gasteiger partial charge in [0.1, 0.15) is 5.65 Å². The summed E-state index contributed by atoms with van der Waals surface area (Å²) >= 11 is 0. The normalized spacial score (nSPS) is 13.3. The molecule has 1 aliphatic carbocycles. The van der Waals surface area contributed by atoms with Crippen molar-refractivity contribution < 1.29 is 0 Å². The highest BCUT2D eigenvalue weighted by Gasteiger charge is 2.11. The average molecular weight is 277 g/mol. The number of hydrogen-bond acceptors (Lipinski definition) is 3. The van der Waals surface area contributed by atoms with Gasteiger partial charge in [-0.05, 0) is 54.7 Å². The lowest BCUT2D eigenvalue weighted by molar-refractivity contribution is 0.912. The second kappa shape index (κ2) is 4.74. The Balaban J connectivity index is 1.79. The van der Waals surface area contributed by atoms with Crippen LogP contribution in [0.4, 0.5) is 11.4 Å². The summed E-state index contributed by atoms with van der Waals surface area (Å²) in [4.78, 5) is 18.7. The number of H-pyrrole nitrogens is 1. The molecule has 0 atom stereocenters. The fourth-order valence-corrected chi connectivity index (χ4v) is 2.99. The predicted molar refractivity (Wildman–Crippen MR) is 84.1 cm³/mol. The van der Waals surface area contributed by atoms with E-state index >= 15 is 0 Å². The lowest BCUT2D eigenvalue weighted by atomic mass is 10.1. The first-order valence-corrected chi connectivity index (χ1v) is 7.16. The molecule has 2 N–H and O–H groups in total. The highest BCUT2D eigenvalue weighted by Crippen LogP contribution is 2.28. The van der Waals surface area contributed by atoms with E-state index in [9.17, 15) is 4.79 Å². The van der Waals surface area contributed by atoms with Gasteiger partial charge in [0.05, 0.1) is 5.69 Å². The zero-order valence-corrected chi connectivity index (χ0v) is 11.5. The summed E-state index contributed by atoms with van der Waals surface area (Å²) in [5.74, 6) is 0. The molecule has 4 rings (SSSR count). The van der Waals surface area contributed by atoms with Crippen LogP contribution in [0.25, 0.3) is 11.0 Å². The summed E-state index contributed by atoms with van der Waals surface area (Å²) in [6, 6.07) is 11.8. The quantitative estimate of drug-likeness (QED) is 0.756. The van der Waals surface area contributed by atoms with E-state index in [0.717, 1.165) is 23.2 Å². The van der Waals surface area contributed by atoms with Crippen LogP contribution in [0.1, 0.15) is 17.5 Å². The number of nitrogens with one attached hydrogen (secondary N) is 2. The Labute approximate surface area is 121 Å². The standard InChI is InChI=1S/C17H15N3O/c21-16-10-15(14-5-2-8-18-17(14)20-16)19-13-7-6-11-3-1-4-12(11)9-13/h2,5-10H,1,3-4H2,(H2,18,19,20,21). The Bertz CT molecular complexity index is 883. The third kappa shape index (κ3) is 2.18. The van der Waals surface area contributed by atoms with Crippen LogP contribution >= 0.6 is 0 Å². The topological polar surface area (TPSA) is 57.8 Å². The van der Waals surface area contributed by atoms with Crippen molar-refractivity contribution in [3.63, 3.8) is 0 Å². The smallest absolute Gasteiger partial charge is 0.251 e. The molecule has 1 aromatic carbocycles. The van der Waals surface area contributed by atoms with E-state index in [1.165, 1.54) is 24.0 Å². The molecule has 0 spiro atoms. The molecule has 0 saturated carbocycles. The van der Waals surface area contributed by atoms with Crippen molar-refractivity contribution in [2.75, 3.05) is 5.32 Å². The first-order chi connectivity index (χ1) is 10.3. The van der Waals surface area contributed by atoms with Crippen molar-refractivity contribution in [3.8, 4) is 0 Å². The minimum Gasteiger partial charge on any atom is -0.355 e. The van der Waals surface area contributed by atoms with Gasteiger partial charge in [0.25, 0.3) is 5.56 Å². The summed E-state index contributed by atoms with van der Waals surface area (Å²) in [7, 11) is 0. The molecule has 0 amide bonds. The molecule has 104 valence electrons. The van der Waals surface area contributed by atoms with E-state index in [0.29, 0.717) is 5.65 Å². The highest BCUT2D eigenvalue weighted by molar-refractivity contribution is 5.90. The Morgan fingerprint density at radius 3 is 2.95 bits per heavy atom. The SMILES string of the molecule is O=c1cc(Nc2ccc3c(c2)CCC3)c2cccnc2[nH]1. The third-order valence-electron chi connectivity index (χ3n) is 3.99. The van der Waals surface area contributed by atoms with Gasteiger partial charge in [-0.3, -0.25) is 4.79 Å². The van der Waals surface area contributed by atoms with Crippen molar-refractivity contribution in [2.45, 2.75) is 19.3 Å². The largest absolute Gasteiger partial charge is 0.355 e. The minimum atomic E-state index is -0.148. The van der Waals surface area contributed by atoms with Crippen molar-refractivity contribution in [1.82, 2.24) is 9.97 Å². The van der Waals surface area contributed by atoms with Gasteiger partial charge >= 0.3 is 0 Å². The lowest BCUT2D eigenvalue weighted by Crippen LogP contribution is -2.07. The van der Waals surface area contributed by atoms with Crippen LogP contribution in [0.3, 0.4) is 0 Å². The van der Waals surface area contributed by atoms with E-state index in [1.807, 2.05) is 12.1 Å². The summed E-state index contributed by atoms with van der Waals surface area (Å²) in [6.07, 6.45) is 5.23. The highest BCUT2D eigenvalue weighted by atomic mass is 16.1. The monoisotopic (exact) mass is 277 g/mol. The fraction of sp³-hybridized carbons (Fsp3) is 0.176. The Morgan fingerprint density at radius 2 is 2.00 bits per heavy atom. The number of aromatic nitrogens is 2. The lowest BCUT2D eigenvalue weighted by Gasteiger charge is -2.10. The molecule has 0 bridgehead atoms. The van der Waals surface area contributed by atoms with Gasteiger partial charge in [-0.15, -0.1) is 0 Å². The molecule has 2 aromatic heterocycles. The van der Waals surface area contributed by atoms with Gasteiger partial charge in [0, 0.05) is 23.3 Å². The van der Waals surface area contributed by atoms with Crippen LogP contribution in [0, 0.1) is 0 Å². The fourth-order valence-electron chi connectivity index (χ4n) is 2.99. The van der Waals surface area contributed by atoms with E-state index in [-0.39, 0.29) is 5.56 Å². The van der Waals surface area contributed by atoms with Crippen LogP contribution in [0.15, 0.2) is 47.4 Å². The van der Waals surface area contributed by atoms with Crippen LogP contribution < -0.4 is 10.9 Å². The van der Waals surface area contributed by atoms with Crippen LogP contribution in [-0.2, 0) is 12.8 Å². The second-order valence-corrected chi connectivity index (χ2v) is 5.41. The molecule has 1 aliphatic rings. The maximum absolute atomic E-state index is 11.7. The molecule has 0 aliphatic heterocycles. The molecule has 4 heteroatoms. The number of aryl methyl sites for hydroxylation is 2. The van der Waals surface area contributed by atoms with Gasteiger partial charge in [0.2, 0.25) is 0 Å². The number of pyridine rings is 2. The number of anilines is 2. The molecule has 4 nitrogen and oxygen atoms in total. The number of aromatic amines is 1. The maximum Gasteiger partial charge on any atom is 0.251 e. The number of benzene rings is 1. The van der Waals surface area contributed by atoms with Crippen molar-refractivity contribution in [3.05, 3.63) is 64.1 Å². The van der Waals surface area contributed by atoms with Gasteiger partial charge < -0.3 is 10.3 Å². The number of rotatable bonds is 2. The number of nitrogens with zero attached hydrogens (tertiary/aromatic N) is 1. The van der Waals surface area contributed by atoms with Gasteiger partial charge in [-0.25, -0.2) is 4.98 Å². The van der Waals surface area contributed by atoms with Crippen LogP contribution in [0.5, 0.6) is 0 Å². The van der Waals surface area contributed by atoms with Crippen LogP contribution in [0.2, 0.25) is 0 Å². The molecule has 2 heterocycles. The zero-order valence-electron chi connectivity index (χ0n) is 11.5. The first kappa shape index (κ1) is 12.1. The third-order valence-corrected chi connectivity index (χ3v) is 3.99. The number of fused-ring (bicyclic) bond motifs is 2. The summed E-state index contributed by atoms with van der Waals surface area (Å²) in [5.41, 5.74) is 5.12. The maximum atomic E-state index is 11.7. The molecular weight excluding hydrogens is 262 g/mol. The van der Waals surface area contributed by atoms with E-state index in [1.54, 1.807) is 12.3 Å². The Hall–Kier alpha value is -2.62. The molecule has 0 saturated heterocycles. The second-order valence-electron chi connectivity index (χ2n) is 5.41. The molecule has 21 heavy (non-hydrogen) atoms. The van der Waals surface area contributed by atoms with Gasteiger partial charge in [-0.2, -0.15) is 0 Å². The average Bonchev–Trinajstić information content (AvgIpc) is 2.94. The predicted octanol–water partition coefficient (Wildman–Crippen LogP) is 3.16.